The summed E-state index contributed by atoms with van der Waals surface area (Å²) in [5.41, 5.74) is 2.63. The number of hydrogen-bond donors (Lipinski definition) is 1. The molecule has 17 heavy (non-hydrogen) atoms. The van der Waals surface area contributed by atoms with Gasteiger partial charge in [-0.1, -0.05) is 48.5 Å². The zero-order valence-corrected chi connectivity index (χ0v) is 10.8. The monoisotopic (exact) mass is 258 g/mol. The van der Waals surface area contributed by atoms with Gasteiger partial charge in [-0.15, -0.1) is 0 Å². The van der Waals surface area contributed by atoms with Crippen LogP contribution in [0.3, 0.4) is 0 Å². The molecule has 0 aromatic heterocycles. The van der Waals surface area contributed by atoms with Gasteiger partial charge in [-0.25, -0.2) is 0 Å². The molecule has 3 heteroatoms. The first-order valence-electron chi connectivity index (χ1n) is 5.49. The molecular weight excluding hydrogens is 246 g/mol. The maximum Gasteiger partial charge on any atom is 0.255 e. The molecule has 1 unspecified atom stereocenters. The van der Waals surface area contributed by atoms with Crippen molar-refractivity contribution in [3.8, 4) is 0 Å². The summed E-state index contributed by atoms with van der Waals surface area (Å²) in [6.45, 7) is 0. The Balaban J connectivity index is 1.78. The predicted molar refractivity (Wildman–Crippen MR) is 75.9 cm³/mol. The van der Waals surface area contributed by atoms with Crippen LogP contribution in [0, 0.1) is 0 Å². The summed E-state index contributed by atoms with van der Waals surface area (Å²) in [6, 6.07) is 21.1. The molecule has 84 valence electrons. The van der Waals surface area contributed by atoms with Gasteiger partial charge in [-0.2, -0.15) is 4.40 Å². The van der Waals surface area contributed by atoms with Gasteiger partial charge in [0, 0.05) is 0 Å². The van der Waals surface area contributed by atoms with Gasteiger partial charge in [0.15, 0.2) is 16.5 Å². The SMILES string of the molecule is c1ccc(C2=[NH+]SC(c3ccccc3)S2)cc1. The van der Waals surface area contributed by atoms with E-state index in [1.54, 1.807) is 11.9 Å². The first-order valence-corrected chi connectivity index (χ1v) is 7.25. The zero-order valence-electron chi connectivity index (χ0n) is 9.17. The maximum absolute atomic E-state index is 3.42. The molecule has 2 aromatic rings. The molecule has 0 amide bonds. The summed E-state index contributed by atoms with van der Waals surface area (Å²) in [7, 11) is 0. The van der Waals surface area contributed by atoms with E-state index in [2.05, 4.69) is 59.0 Å². The molecule has 3 rings (SSSR count). The van der Waals surface area contributed by atoms with Gasteiger partial charge >= 0.3 is 0 Å². The minimum atomic E-state index is 0.450. The van der Waals surface area contributed by atoms with Gasteiger partial charge in [0.2, 0.25) is 0 Å². The fraction of sp³-hybridized carbons (Fsp3) is 0.0714. The molecule has 1 N–H and O–H groups in total. The second kappa shape index (κ2) is 4.98. The molecule has 0 fully saturated rings. The zero-order chi connectivity index (χ0) is 11.5. The van der Waals surface area contributed by atoms with Crippen molar-refractivity contribution in [1.29, 1.82) is 0 Å². The van der Waals surface area contributed by atoms with Crippen molar-refractivity contribution in [1.82, 2.24) is 0 Å². The highest BCUT2D eigenvalue weighted by Gasteiger charge is 2.30. The molecule has 0 bridgehead atoms. The standard InChI is InChI=1S/C14H11NS2/c1-3-7-11(8-4-1)13-15-17-14(16-13)12-9-5-2-6-10-12/h1-10,14H/p+1. The highest BCUT2D eigenvalue weighted by Crippen LogP contribution is 2.39. The molecule has 0 saturated heterocycles. The molecule has 1 nitrogen and oxygen atoms in total. The maximum atomic E-state index is 3.42. The summed E-state index contributed by atoms with van der Waals surface area (Å²) in [6.07, 6.45) is 0. The summed E-state index contributed by atoms with van der Waals surface area (Å²) in [5.74, 6) is 0. The second-order valence-corrected chi connectivity index (χ2v) is 6.10. The average molecular weight is 258 g/mol. The van der Waals surface area contributed by atoms with Crippen LogP contribution in [0.1, 0.15) is 15.7 Å². The molecule has 1 heterocycles. The van der Waals surface area contributed by atoms with Crippen LogP contribution >= 0.6 is 23.7 Å². The van der Waals surface area contributed by atoms with Gasteiger partial charge in [0.05, 0.1) is 5.56 Å². The Morgan fingerprint density at radius 3 is 2.18 bits per heavy atom. The van der Waals surface area contributed by atoms with Crippen molar-refractivity contribution in [3.05, 3.63) is 71.8 Å². The first kappa shape index (κ1) is 10.9. The van der Waals surface area contributed by atoms with E-state index in [0.29, 0.717) is 4.58 Å². The number of benzene rings is 2. The van der Waals surface area contributed by atoms with Gasteiger partial charge in [0.25, 0.3) is 5.04 Å². The van der Waals surface area contributed by atoms with E-state index in [1.165, 1.54) is 16.2 Å². The van der Waals surface area contributed by atoms with E-state index in [4.69, 9.17) is 0 Å². The van der Waals surface area contributed by atoms with Gasteiger partial charge < -0.3 is 0 Å². The molecule has 0 radical (unpaired) electrons. The third-order valence-electron chi connectivity index (χ3n) is 2.59. The third-order valence-corrected chi connectivity index (χ3v) is 5.17. The predicted octanol–water partition coefficient (Wildman–Crippen LogP) is 2.61. The van der Waals surface area contributed by atoms with Crippen LogP contribution < -0.4 is 4.40 Å². The number of thioether (sulfide) groups is 1. The van der Waals surface area contributed by atoms with Crippen molar-refractivity contribution in [2.75, 3.05) is 0 Å². The van der Waals surface area contributed by atoms with Crippen molar-refractivity contribution >= 4 is 28.8 Å². The minimum Gasteiger partial charge on any atom is -0.165 e. The Morgan fingerprint density at radius 2 is 1.47 bits per heavy atom. The van der Waals surface area contributed by atoms with Crippen LogP contribution in [0.4, 0.5) is 0 Å². The van der Waals surface area contributed by atoms with Gasteiger partial charge in [-0.3, -0.25) is 0 Å². The average Bonchev–Trinajstić information content (AvgIpc) is 2.90. The Morgan fingerprint density at radius 1 is 0.824 bits per heavy atom. The Hall–Kier alpha value is -1.19. The van der Waals surface area contributed by atoms with E-state index in [0.717, 1.165) is 0 Å². The molecule has 2 aromatic carbocycles. The molecule has 1 aliphatic heterocycles. The molecule has 0 aliphatic carbocycles. The van der Waals surface area contributed by atoms with Crippen molar-refractivity contribution in [3.63, 3.8) is 0 Å². The summed E-state index contributed by atoms with van der Waals surface area (Å²) >= 11 is 3.66. The lowest BCUT2D eigenvalue weighted by molar-refractivity contribution is -0.237. The van der Waals surface area contributed by atoms with E-state index in [1.807, 2.05) is 17.8 Å². The van der Waals surface area contributed by atoms with Crippen LogP contribution in [0.5, 0.6) is 0 Å². The quantitative estimate of drug-likeness (QED) is 0.832. The lowest BCUT2D eigenvalue weighted by Crippen LogP contribution is -2.60. The van der Waals surface area contributed by atoms with Crippen LogP contribution in [-0.4, -0.2) is 5.04 Å². The second-order valence-electron chi connectivity index (χ2n) is 3.78. The summed E-state index contributed by atoms with van der Waals surface area (Å²) in [4.78, 5) is 0. The topological polar surface area (TPSA) is 14.0 Å². The van der Waals surface area contributed by atoms with E-state index >= 15 is 0 Å². The lowest BCUT2D eigenvalue weighted by Gasteiger charge is -2.02. The molecular formula is C14H12NS2+. The first-order chi connectivity index (χ1) is 8.43. The van der Waals surface area contributed by atoms with Crippen molar-refractivity contribution in [2.45, 2.75) is 4.58 Å². The van der Waals surface area contributed by atoms with Crippen molar-refractivity contribution in [2.24, 2.45) is 0 Å². The molecule has 1 aliphatic rings. The minimum absolute atomic E-state index is 0.450. The normalized spacial score (nSPS) is 19.1. The number of rotatable bonds is 2. The Labute approximate surface area is 109 Å². The third kappa shape index (κ3) is 2.40. The number of hydrogen-bond acceptors (Lipinski definition) is 2. The highest BCUT2D eigenvalue weighted by atomic mass is 32.2. The van der Waals surface area contributed by atoms with Crippen LogP contribution in [0.25, 0.3) is 0 Å². The highest BCUT2D eigenvalue weighted by molar-refractivity contribution is 8.25. The molecule has 0 spiro atoms. The van der Waals surface area contributed by atoms with E-state index in [-0.39, 0.29) is 0 Å². The largest absolute Gasteiger partial charge is 0.255 e. The van der Waals surface area contributed by atoms with Crippen LogP contribution in [-0.2, 0) is 0 Å². The van der Waals surface area contributed by atoms with Gasteiger partial charge in [-0.05, 0) is 29.5 Å². The fourth-order valence-electron chi connectivity index (χ4n) is 1.72. The van der Waals surface area contributed by atoms with Crippen molar-refractivity contribution < 1.29 is 4.40 Å². The Bertz CT molecular complexity index is 522. The van der Waals surface area contributed by atoms with E-state index < -0.39 is 0 Å². The summed E-state index contributed by atoms with van der Waals surface area (Å²) in [5, 5.41) is 1.25. The molecule has 1 atom stereocenters. The molecule has 0 saturated carbocycles. The van der Waals surface area contributed by atoms with E-state index in [9.17, 15) is 0 Å². The Kier molecular flexibility index (Phi) is 3.20. The van der Waals surface area contributed by atoms with Crippen LogP contribution in [0.2, 0.25) is 0 Å². The van der Waals surface area contributed by atoms with Crippen LogP contribution in [0.15, 0.2) is 60.7 Å². The summed E-state index contributed by atoms with van der Waals surface area (Å²) < 4.78 is 3.87. The number of nitrogens with one attached hydrogen (secondary N) is 1. The van der Waals surface area contributed by atoms with Gasteiger partial charge in [0.1, 0.15) is 0 Å². The smallest absolute Gasteiger partial charge is 0.165 e. The lowest BCUT2D eigenvalue weighted by atomic mass is 10.2. The fourth-order valence-corrected chi connectivity index (χ4v) is 4.09.